The molecule has 0 unspecified atom stereocenters. The Labute approximate surface area is 106 Å². The van der Waals surface area contributed by atoms with Crippen molar-refractivity contribution in [2.24, 2.45) is 5.73 Å². The molecule has 6 nitrogen and oxygen atoms in total. The average molecular weight is 279 g/mol. The number of nitro benzene ring substituents is 1. The van der Waals surface area contributed by atoms with Gasteiger partial charge < -0.3 is 10.5 Å². The monoisotopic (exact) mass is 278 g/mol. The van der Waals surface area contributed by atoms with Crippen molar-refractivity contribution >= 4 is 34.8 Å². The predicted octanol–water partition coefficient (Wildman–Crippen LogP) is 2.16. The Morgan fingerprint density at radius 2 is 2.00 bits per heavy atom. The van der Waals surface area contributed by atoms with Crippen LogP contribution < -0.4 is 10.5 Å². The number of amides is 1. The van der Waals surface area contributed by atoms with Gasteiger partial charge in [0.15, 0.2) is 5.75 Å². The molecule has 1 aromatic rings. The van der Waals surface area contributed by atoms with Gasteiger partial charge in [0, 0.05) is 12.1 Å². The van der Waals surface area contributed by atoms with Crippen LogP contribution in [0.15, 0.2) is 12.1 Å². The number of nitrogens with zero attached hydrogens (tertiary/aromatic N) is 1. The summed E-state index contributed by atoms with van der Waals surface area (Å²) >= 11 is 11.4. The summed E-state index contributed by atoms with van der Waals surface area (Å²) in [7, 11) is 0. The van der Waals surface area contributed by atoms with Gasteiger partial charge in [0.05, 0.1) is 28.0 Å². The zero-order chi connectivity index (χ0) is 13.0. The van der Waals surface area contributed by atoms with Crippen LogP contribution in [0.4, 0.5) is 5.69 Å². The van der Waals surface area contributed by atoms with Crippen LogP contribution in [0.1, 0.15) is 6.42 Å². The highest BCUT2D eigenvalue weighted by Gasteiger charge is 2.18. The first-order valence-electron chi connectivity index (χ1n) is 4.46. The highest BCUT2D eigenvalue weighted by molar-refractivity contribution is 6.42. The number of halogens is 2. The van der Waals surface area contributed by atoms with Gasteiger partial charge in [-0.2, -0.15) is 0 Å². The van der Waals surface area contributed by atoms with Gasteiger partial charge in [-0.3, -0.25) is 14.9 Å². The van der Waals surface area contributed by atoms with Gasteiger partial charge in [-0.15, -0.1) is 0 Å². The highest BCUT2D eigenvalue weighted by atomic mass is 35.5. The number of rotatable bonds is 5. The van der Waals surface area contributed by atoms with E-state index in [2.05, 4.69) is 0 Å². The second-order valence-electron chi connectivity index (χ2n) is 3.06. The lowest BCUT2D eigenvalue weighted by atomic mass is 10.3. The summed E-state index contributed by atoms with van der Waals surface area (Å²) in [5.74, 6) is -0.613. The van der Waals surface area contributed by atoms with Crippen LogP contribution >= 0.6 is 23.2 Å². The third kappa shape index (κ3) is 3.76. The van der Waals surface area contributed by atoms with E-state index in [1.807, 2.05) is 0 Å². The van der Waals surface area contributed by atoms with Crippen molar-refractivity contribution in [1.29, 1.82) is 0 Å². The minimum Gasteiger partial charge on any atom is -0.486 e. The summed E-state index contributed by atoms with van der Waals surface area (Å²) in [5, 5.41) is 10.9. The molecule has 2 N–H and O–H groups in total. The third-order valence-electron chi connectivity index (χ3n) is 1.80. The molecule has 1 aromatic carbocycles. The van der Waals surface area contributed by atoms with Gasteiger partial charge in [-0.05, 0) is 0 Å². The van der Waals surface area contributed by atoms with Crippen LogP contribution in [0.25, 0.3) is 0 Å². The number of ether oxygens (including phenoxy) is 1. The van der Waals surface area contributed by atoms with E-state index in [1.54, 1.807) is 0 Å². The molecule has 0 aromatic heterocycles. The van der Waals surface area contributed by atoms with E-state index >= 15 is 0 Å². The fourth-order valence-electron chi connectivity index (χ4n) is 1.04. The molecular weight excluding hydrogens is 271 g/mol. The maximum Gasteiger partial charge on any atom is 0.312 e. The highest BCUT2D eigenvalue weighted by Crippen LogP contribution is 2.35. The predicted molar refractivity (Wildman–Crippen MR) is 62.4 cm³/mol. The first-order valence-corrected chi connectivity index (χ1v) is 5.22. The van der Waals surface area contributed by atoms with Crippen LogP contribution in [-0.4, -0.2) is 17.4 Å². The molecule has 0 aliphatic heterocycles. The van der Waals surface area contributed by atoms with Crippen molar-refractivity contribution < 1.29 is 14.5 Å². The molecule has 1 amide bonds. The van der Waals surface area contributed by atoms with Crippen molar-refractivity contribution in [3.63, 3.8) is 0 Å². The number of carbonyl (C=O) groups is 1. The quantitative estimate of drug-likeness (QED) is 0.659. The minimum atomic E-state index is -0.651. The molecule has 0 atom stereocenters. The smallest absolute Gasteiger partial charge is 0.312 e. The first kappa shape index (κ1) is 13.5. The Hall–Kier alpha value is -1.53. The number of carbonyl (C=O) groups excluding carboxylic acids is 1. The molecule has 0 fully saturated rings. The lowest BCUT2D eigenvalue weighted by Gasteiger charge is -2.06. The van der Waals surface area contributed by atoms with Crippen LogP contribution in [0.2, 0.25) is 10.0 Å². The second kappa shape index (κ2) is 5.70. The topological polar surface area (TPSA) is 95.5 Å². The number of nitro groups is 1. The molecule has 0 spiro atoms. The van der Waals surface area contributed by atoms with Crippen LogP contribution in [-0.2, 0) is 4.79 Å². The van der Waals surface area contributed by atoms with E-state index in [0.717, 1.165) is 6.07 Å². The molecule has 1 rings (SSSR count). The van der Waals surface area contributed by atoms with Crippen molar-refractivity contribution in [1.82, 2.24) is 0 Å². The zero-order valence-electron chi connectivity index (χ0n) is 8.48. The Kier molecular flexibility index (Phi) is 4.53. The Balaban J connectivity index is 2.92. The van der Waals surface area contributed by atoms with E-state index in [-0.39, 0.29) is 34.5 Å². The van der Waals surface area contributed by atoms with E-state index in [4.69, 9.17) is 33.7 Å². The molecule has 0 bridgehead atoms. The number of nitrogens with two attached hydrogens (primary N) is 1. The molecule has 17 heavy (non-hydrogen) atoms. The first-order chi connectivity index (χ1) is 7.91. The normalized spacial score (nSPS) is 10.0. The fraction of sp³-hybridized carbons (Fsp3) is 0.222. The molecule has 0 heterocycles. The number of hydrogen-bond acceptors (Lipinski definition) is 4. The van der Waals surface area contributed by atoms with Crippen LogP contribution in [0, 0.1) is 10.1 Å². The summed E-state index contributed by atoms with van der Waals surface area (Å²) < 4.78 is 5.06. The third-order valence-corrected chi connectivity index (χ3v) is 2.53. The van der Waals surface area contributed by atoms with Crippen molar-refractivity contribution in [2.45, 2.75) is 6.42 Å². The van der Waals surface area contributed by atoms with Crippen LogP contribution in [0.3, 0.4) is 0 Å². The lowest BCUT2D eigenvalue weighted by molar-refractivity contribution is -0.385. The summed E-state index contributed by atoms with van der Waals surface area (Å²) in [5.41, 5.74) is 4.59. The van der Waals surface area contributed by atoms with Crippen molar-refractivity contribution in [2.75, 3.05) is 6.61 Å². The fourth-order valence-corrected chi connectivity index (χ4v) is 1.35. The molecule has 0 saturated carbocycles. The second-order valence-corrected chi connectivity index (χ2v) is 3.87. The standard InChI is InChI=1S/C9H8Cl2N2O4/c10-5-3-7(13(15)16)8(4-6(5)11)17-2-1-9(12)14/h3-4H,1-2H2,(H2,12,14). The Bertz CT molecular complexity index is 465. The maximum absolute atomic E-state index is 10.7. The largest absolute Gasteiger partial charge is 0.486 e. The summed E-state index contributed by atoms with van der Waals surface area (Å²) in [4.78, 5) is 20.6. The van der Waals surface area contributed by atoms with Crippen molar-refractivity contribution in [3.05, 3.63) is 32.3 Å². The number of benzene rings is 1. The zero-order valence-corrected chi connectivity index (χ0v) is 9.99. The average Bonchev–Trinajstić information content (AvgIpc) is 2.22. The van der Waals surface area contributed by atoms with Gasteiger partial charge in [-0.1, -0.05) is 23.2 Å². The summed E-state index contributed by atoms with van der Waals surface area (Å²) in [6, 6.07) is 2.31. The molecule has 0 aliphatic carbocycles. The van der Waals surface area contributed by atoms with E-state index < -0.39 is 10.8 Å². The van der Waals surface area contributed by atoms with Gasteiger partial charge in [0.1, 0.15) is 0 Å². The van der Waals surface area contributed by atoms with E-state index in [9.17, 15) is 14.9 Å². The summed E-state index contributed by atoms with van der Waals surface area (Å²) in [6.45, 7) is -0.0614. The maximum atomic E-state index is 10.7. The molecule has 8 heteroatoms. The van der Waals surface area contributed by atoms with Gasteiger partial charge in [0.2, 0.25) is 5.91 Å². The number of primary amides is 1. The SMILES string of the molecule is NC(=O)CCOc1cc(Cl)c(Cl)cc1[N+](=O)[O-]. The molecule has 0 aliphatic rings. The molecular formula is C9H8Cl2N2O4. The lowest BCUT2D eigenvalue weighted by Crippen LogP contribution is -2.14. The van der Waals surface area contributed by atoms with Crippen molar-refractivity contribution in [3.8, 4) is 5.75 Å². The minimum absolute atomic E-state index is 0.0442. The van der Waals surface area contributed by atoms with Gasteiger partial charge >= 0.3 is 5.69 Å². The Morgan fingerprint density at radius 3 is 2.53 bits per heavy atom. The molecule has 92 valence electrons. The van der Waals surface area contributed by atoms with Gasteiger partial charge in [0.25, 0.3) is 0 Å². The molecule has 0 radical (unpaired) electrons. The van der Waals surface area contributed by atoms with Crippen LogP contribution in [0.5, 0.6) is 5.75 Å². The number of hydrogen-bond donors (Lipinski definition) is 1. The summed E-state index contributed by atoms with van der Waals surface area (Å²) in [6.07, 6.45) is -0.0442. The molecule has 0 saturated heterocycles. The van der Waals surface area contributed by atoms with Gasteiger partial charge in [-0.25, -0.2) is 0 Å². The van der Waals surface area contributed by atoms with E-state index in [1.165, 1.54) is 6.07 Å². The Morgan fingerprint density at radius 1 is 1.41 bits per heavy atom. The van der Waals surface area contributed by atoms with E-state index in [0.29, 0.717) is 0 Å².